The molecular formula is C29H32ClN3O6. The van der Waals surface area contributed by atoms with Gasteiger partial charge in [-0.1, -0.05) is 23.4 Å². The van der Waals surface area contributed by atoms with E-state index in [4.69, 9.17) is 30.6 Å². The molecule has 0 N–H and O–H groups in total. The van der Waals surface area contributed by atoms with Gasteiger partial charge in [0, 0.05) is 41.3 Å². The molecule has 0 saturated carbocycles. The largest absolute Gasteiger partial charge is 0.472 e. The fraction of sp³-hybridized carbons (Fsp3) is 0.345. The third-order valence-electron chi connectivity index (χ3n) is 5.19. The minimum atomic E-state index is -0.688. The molecule has 1 heterocycles. The molecule has 3 aromatic rings. The summed E-state index contributed by atoms with van der Waals surface area (Å²) in [4.78, 5) is 29.4. The summed E-state index contributed by atoms with van der Waals surface area (Å²) in [6, 6.07) is 14.3. The third kappa shape index (κ3) is 9.06. The van der Waals surface area contributed by atoms with Crippen LogP contribution in [0.5, 0.6) is 5.88 Å². The Labute approximate surface area is 233 Å². The first-order valence-electron chi connectivity index (χ1n) is 12.3. The summed E-state index contributed by atoms with van der Waals surface area (Å²) < 4.78 is 17.8. The lowest BCUT2D eigenvalue weighted by atomic mass is 10.1. The molecule has 3 rings (SSSR count). The van der Waals surface area contributed by atoms with Gasteiger partial charge in [-0.25, -0.2) is 9.48 Å². The highest BCUT2D eigenvalue weighted by Crippen LogP contribution is 2.25. The number of hydroxylamine groups is 1. The number of rotatable bonds is 9. The minimum absolute atomic E-state index is 0.0813. The van der Waals surface area contributed by atoms with E-state index >= 15 is 0 Å². The van der Waals surface area contributed by atoms with E-state index in [9.17, 15) is 9.59 Å². The quantitative estimate of drug-likeness (QED) is 0.137. The molecule has 1 aromatic heterocycles. The van der Waals surface area contributed by atoms with E-state index < -0.39 is 11.7 Å². The molecule has 9 nitrogen and oxygen atoms in total. The van der Waals surface area contributed by atoms with Gasteiger partial charge in [0.05, 0.1) is 25.6 Å². The van der Waals surface area contributed by atoms with Gasteiger partial charge in [0.25, 0.3) is 0 Å². The normalized spacial score (nSPS) is 10.8. The maximum atomic E-state index is 12.3. The zero-order chi connectivity index (χ0) is 28.4. The number of anilines is 1. The molecule has 0 aliphatic rings. The molecule has 39 heavy (non-hydrogen) atoms. The monoisotopic (exact) mass is 553 g/mol. The van der Waals surface area contributed by atoms with Crippen molar-refractivity contribution in [1.82, 2.24) is 9.78 Å². The Kier molecular flexibility index (Phi) is 10.4. The predicted molar refractivity (Wildman–Crippen MR) is 148 cm³/mol. The van der Waals surface area contributed by atoms with Crippen LogP contribution in [0, 0.1) is 11.8 Å². The highest BCUT2D eigenvalue weighted by Gasteiger charge is 2.20. The average Bonchev–Trinajstić information content (AvgIpc) is 3.36. The van der Waals surface area contributed by atoms with Crippen LogP contribution >= 0.6 is 11.6 Å². The molecule has 0 unspecified atom stereocenters. The zero-order valence-corrected chi connectivity index (χ0v) is 23.4. The van der Waals surface area contributed by atoms with E-state index in [-0.39, 0.29) is 12.6 Å². The number of carbonyl (C=O) groups excluding carboxylic acids is 2. The lowest BCUT2D eigenvalue weighted by Gasteiger charge is -2.21. The maximum Gasteiger partial charge on any atom is 0.438 e. The van der Waals surface area contributed by atoms with Crippen molar-refractivity contribution in [2.75, 3.05) is 19.3 Å². The Hall–Kier alpha value is -4.00. The van der Waals surface area contributed by atoms with Gasteiger partial charge in [0.2, 0.25) is 5.88 Å². The number of hydrogen-bond acceptors (Lipinski definition) is 7. The fourth-order valence-corrected chi connectivity index (χ4v) is 3.61. The second-order valence-corrected chi connectivity index (χ2v) is 9.83. The molecular weight excluding hydrogens is 522 g/mol. The zero-order valence-electron chi connectivity index (χ0n) is 22.7. The van der Waals surface area contributed by atoms with Crippen molar-refractivity contribution in [3.05, 3.63) is 70.9 Å². The number of amides is 1. The van der Waals surface area contributed by atoms with E-state index in [1.165, 1.54) is 14.2 Å². The van der Waals surface area contributed by atoms with Crippen LogP contribution in [-0.4, -0.2) is 41.7 Å². The summed E-state index contributed by atoms with van der Waals surface area (Å²) in [6.45, 7) is 5.60. The lowest BCUT2D eigenvalue weighted by molar-refractivity contribution is -0.154. The van der Waals surface area contributed by atoms with Gasteiger partial charge in [-0.2, -0.15) is 5.06 Å². The molecule has 10 heteroatoms. The molecule has 0 aliphatic heterocycles. The van der Waals surface area contributed by atoms with Crippen molar-refractivity contribution in [3.63, 3.8) is 0 Å². The summed E-state index contributed by atoms with van der Waals surface area (Å²) in [5, 5.41) is 6.11. The van der Waals surface area contributed by atoms with E-state index in [1.54, 1.807) is 47.3 Å². The Morgan fingerprint density at radius 1 is 1.08 bits per heavy atom. The molecule has 0 fully saturated rings. The Morgan fingerprint density at radius 3 is 2.49 bits per heavy atom. The molecule has 0 bridgehead atoms. The molecule has 1 amide bonds. The fourth-order valence-electron chi connectivity index (χ4n) is 3.48. The summed E-state index contributed by atoms with van der Waals surface area (Å²) >= 11 is 5.97. The number of aromatic nitrogens is 2. The van der Waals surface area contributed by atoms with Crippen molar-refractivity contribution in [1.29, 1.82) is 0 Å². The SMILES string of the molecule is COC(=O)N(OC)c1ccc(C#CCCCC(=O)OC(C)(C)C)cc1COc1ccn(-c2ccc(Cl)cc2)n1. The first-order chi connectivity index (χ1) is 18.6. The Balaban J connectivity index is 1.73. The van der Waals surface area contributed by atoms with E-state index in [1.807, 2.05) is 32.9 Å². The number of carbonyl (C=O) groups is 2. The van der Waals surface area contributed by atoms with Crippen LogP contribution in [0.1, 0.15) is 51.2 Å². The summed E-state index contributed by atoms with van der Waals surface area (Å²) in [5.74, 6) is 6.33. The van der Waals surface area contributed by atoms with Gasteiger partial charge in [0.15, 0.2) is 0 Å². The molecule has 0 atom stereocenters. The number of esters is 1. The van der Waals surface area contributed by atoms with Crippen molar-refractivity contribution in [2.45, 2.75) is 52.2 Å². The van der Waals surface area contributed by atoms with E-state index in [2.05, 4.69) is 16.9 Å². The second kappa shape index (κ2) is 13.7. The van der Waals surface area contributed by atoms with Gasteiger partial charge in [-0.05, 0) is 69.7 Å². The first kappa shape index (κ1) is 29.6. The number of benzene rings is 2. The van der Waals surface area contributed by atoms with E-state index in [0.717, 1.165) is 10.8 Å². The molecule has 0 radical (unpaired) electrons. The summed E-state index contributed by atoms with van der Waals surface area (Å²) in [6.07, 6.45) is 2.50. The number of hydrogen-bond donors (Lipinski definition) is 0. The average molecular weight is 554 g/mol. The predicted octanol–water partition coefficient (Wildman–Crippen LogP) is 6.10. The highest BCUT2D eigenvalue weighted by molar-refractivity contribution is 6.30. The van der Waals surface area contributed by atoms with E-state index in [0.29, 0.717) is 47.0 Å². The Morgan fingerprint density at radius 2 is 1.82 bits per heavy atom. The topological polar surface area (TPSA) is 92.1 Å². The number of ether oxygens (including phenoxy) is 3. The number of halogens is 1. The smallest absolute Gasteiger partial charge is 0.438 e. The van der Waals surface area contributed by atoms with Crippen LogP contribution in [0.4, 0.5) is 10.5 Å². The van der Waals surface area contributed by atoms with Crippen LogP contribution in [0.25, 0.3) is 5.69 Å². The molecule has 0 saturated heterocycles. The third-order valence-corrected chi connectivity index (χ3v) is 5.44. The van der Waals surface area contributed by atoms with Crippen LogP contribution in [-0.2, 0) is 25.7 Å². The highest BCUT2D eigenvalue weighted by atomic mass is 35.5. The van der Waals surface area contributed by atoms with Crippen LogP contribution in [0.15, 0.2) is 54.7 Å². The van der Waals surface area contributed by atoms with Gasteiger partial charge < -0.3 is 14.2 Å². The number of methoxy groups -OCH3 is 1. The number of unbranched alkanes of at least 4 members (excludes halogenated alkanes) is 1. The second-order valence-electron chi connectivity index (χ2n) is 9.40. The van der Waals surface area contributed by atoms with Gasteiger partial charge in [-0.3, -0.25) is 9.63 Å². The van der Waals surface area contributed by atoms with Crippen molar-refractivity contribution >= 4 is 29.4 Å². The minimum Gasteiger partial charge on any atom is -0.472 e. The standard InChI is InChI=1S/C29H32ClN3O6/c1-29(2,3)39-27(34)10-8-6-7-9-21-11-16-25(33(37-5)28(35)36-4)22(19-21)20-38-26-17-18-32(31-26)24-14-12-23(30)13-15-24/h11-19H,6,8,10,20H2,1-5H3. The molecule has 2 aromatic carbocycles. The van der Waals surface area contributed by atoms with Crippen molar-refractivity contribution in [3.8, 4) is 23.4 Å². The van der Waals surface area contributed by atoms with Gasteiger partial charge in [-0.15, -0.1) is 5.10 Å². The summed E-state index contributed by atoms with van der Waals surface area (Å²) in [7, 11) is 2.64. The lowest BCUT2D eigenvalue weighted by Crippen LogP contribution is -2.30. The molecule has 0 spiro atoms. The van der Waals surface area contributed by atoms with Crippen LogP contribution in [0.2, 0.25) is 5.02 Å². The van der Waals surface area contributed by atoms with Crippen molar-refractivity contribution in [2.24, 2.45) is 0 Å². The molecule has 0 aliphatic carbocycles. The van der Waals surface area contributed by atoms with Gasteiger partial charge in [0.1, 0.15) is 12.2 Å². The molecule has 206 valence electrons. The number of nitrogens with zero attached hydrogens (tertiary/aromatic N) is 3. The van der Waals surface area contributed by atoms with Crippen LogP contribution < -0.4 is 9.80 Å². The first-order valence-corrected chi connectivity index (χ1v) is 12.7. The van der Waals surface area contributed by atoms with Gasteiger partial charge >= 0.3 is 12.1 Å². The summed E-state index contributed by atoms with van der Waals surface area (Å²) in [5.41, 5.74) is 2.11. The van der Waals surface area contributed by atoms with Crippen LogP contribution in [0.3, 0.4) is 0 Å². The Bertz CT molecular complexity index is 1340. The maximum absolute atomic E-state index is 12.3. The van der Waals surface area contributed by atoms with Crippen molar-refractivity contribution < 1.29 is 28.6 Å².